The van der Waals surface area contributed by atoms with E-state index < -0.39 is 0 Å². The summed E-state index contributed by atoms with van der Waals surface area (Å²) < 4.78 is 0. The Bertz CT molecular complexity index is 1080. The minimum Gasteiger partial charge on any atom is -0.363 e. The molecule has 2 unspecified atom stereocenters. The highest BCUT2D eigenvalue weighted by atomic mass is 15.2. The summed E-state index contributed by atoms with van der Waals surface area (Å²) in [6, 6.07) is 22.2. The number of piperidine rings is 1. The lowest BCUT2D eigenvalue weighted by molar-refractivity contribution is 0.134. The van der Waals surface area contributed by atoms with Gasteiger partial charge >= 0.3 is 0 Å². The molecule has 2 N–H and O–H groups in total. The second kappa shape index (κ2) is 10.7. The number of aliphatic imine (C=N–C) groups is 1. The Morgan fingerprint density at radius 2 is 1.88 bits per heavy atom. The first-order valence-electron chi connectivity index (χ1n) is 11.8. The normalized spacial score (nSPS) is 19.5. The first-order chi connectivity index (χ1) is 16.0. The Morgan fingerprint density at radius 3 is 2.61 bits per heavy atom. The van der Waals surface area contributed by atoms with Gasteiger partial charge in [0.15, 0.2) is 5.96 Å². The topological polar surface area (TPSA) is 55.8 Å². The van der Waals surface area contributed by atoms with E-state index in [-0.39, 0.29) is 0 Å². The molecule has 33 heavy (non-hydrogen) atoms. The van der Waals surface area contributed by atoms with Crippen molar-refractivity contribution in [1.29, 1.82) is 0 Å². The van der Waals surface area contributed by atoms with Crippen LogP contribution in [0.5, 0.6) is 0 Å². The molecule has 1 saturated heterocycles. The van der Waals surface area contributed by atoms with E-state index in [0.29, 0.717) is 18.6 Å². The molecule has 2 atom stereocenters. The number of likely N-dealkylation sites (tertiary alicyclic amines) is 1. The lowest BCUT2D eigenvalue weighted by atomic mass is 9.97. The van der Waals surface area contributed by atoms with E-state index in [0.717, 1.165) is 43.2 Å². The summed E-state index contributed by atoms with van der Waals surface area (Å²) in [6.07, 6.45) is 2.22. The Labute approximate surface area is 197 Å². The number of para-hydroxylation sites is 1. The van der Waals surface area contributed by atoms with Crippen LogP contribution in [0.2, 0.25) is 0 Å². The summed E-state index contributed by atoms with van der Waals surface area (Å²) in [4.78, 5) is 13.9. The van der Waals surface area contributed by atoms with E-state index in [1.165, 1.54) is 16.5 Å². The van der Waals surface area contributed by atoms with Crippen molar-refractivity contribution < 1.29 is 0 Å². The van der Waals surface area contributed by atoms with Gasteiger partial charge in [0, 0.05) is 58.2 Å². The van der Waals surface area contributed by atoms with Crippen molar-refractivity contribution in [3.05, 3.63) is 71.8 Å². The van der Waals surface area contributed by atoms with Gasteiger partial charge in [-0.3, -0.25) is 9.89 Å². The third kappa shape index (κ3) is 5.82. The summed E-state index contributed by atoms with van der Waals surface area (Å²) in [5.74, 6) is 1.82. The van der Waals surface area contributed by atoms with Crippen molar-refractivity contribution in [2.45, 2.75) is 44.9 Å². The van der Waals surface area contributed by atoms with E-state index in [9.17, 15) is 0 Å². The molecule has 3 aromatic rings. The van der Waals surface area contributed by atoms with Crippen molar-refractivity contribution in [3.63, 3.8) is 0 Å². The van der Waals surface area contributed by atoms with Crippen LogP contribution in [0.1, 0.15) is 30.9 Å². The molecule has 1 aliphatic rings. The molecular weight excluding hydrogens is 408 g/mol. The SMILES string of the molecule is CN=C(NCc1cc(N(C)C)nc2ccccc12)NC1CCN(Cc2ccccc2)C(C)C1. The number of hydrogen-bond acceptors (Lipinski definition) is 4. The zero-order valence-electron chi connectivity index (χ0n) is 20.3. The zero-order chi connectivity index (χ0) is 23.2. The highest BCUT2D eigenvalue weighted by Gasteiger charge is 2.26. The van der Waals surface area contributed by atoms with Crippen molar-refractivity contribution in [2.24, 2.45) is 4.99 Å². The fourth-order valence-electron chi connectivity index (χ4n) is 4.58. The van der Waals surface area contributed by atoms with Gasteiger partial charge in [0.1, 0.15) is 5.82 Å². The minimum absolute atomic E-state index is 0.421. The van der Waals surface area contributed by atoms with Crippen LogP contribution in [0.15, 0.2) is 65.7 Å². The van der Waals surface area contributed by atoms with E-state index in [4.69, 9.17) is 4.98 Å². The quantitative estimate of drug-likeness (QED) is 0.444. The van der Waals surface area contributed by atoms with Gasteiger partial charge in [-0.05, 0) is 43.0 Å². The van der Waals surface area contributed by atoms with Gasteiger partial charge in [0.2, 0.25) is 0 Å². The van der Waals surface area contributed by atoms with E-state index in [1.807, 2.05) is 32.1 Å². The largest absolute Gasteiger partial charge is 0.363 e. The van der Waals surface area contributed by atoms with Crippen LogP contribution in [-0.4, -0.2) is 55.6 Å². The molecule has 0 saturated carbocycles. The van der Waals surface area contributed by atoms with Crippen molar-refractivity contribution in [3.8, 4) is 0 Å². The second-order valence-electron chi connectivity index (χ2n) is 9.15. The maximum atomic E-state index is 4.77. The van der Waals surface area contributed by atoms with Crippen molar-refractivity contribution in [1.82, 2.24) is 20.5 Å². The number of fused-ring (bicyclic) bond motifs is 1. The molecule has 2 aromatic carbocycles. The molecule has 1 fully saturated rings. The molecule has 0 aliphatic carbocycles. The molecule has 6 nitrogen and oxygen atoms in total. The van der Waals surface area contributed by atoms with Gasteiger partial charge in [0.25, 0.3) is 0 Å². The number of hydrogen-bond donors (Lipinski definition) is 2. The van der Waals surface area contributed by atoms with E-state index in [2.05, 4.69) is 82.0 Å². The zero-order valence-corrected chi connectivity index (χ0v) is 20.3. The van der Waals surface area contributed by atoms with Gasteiger partial charge in [-0.2, -0.15) is 0 Å². The lowest BCUT2D eigenvalue weighted by Crippen LogP contribution is -2.51. The Balaban J connectivity index is 1.36. The van der Waals surface area contributed by atoms with Crippen LogP contribution in [0.25, 0.3) is 10.9 Å². The summed E-state index contributed by atoms with van der Waals surface area (Å²) in [5, 5.41) is 8.37. The summed E-state index contributed by atoms with van der Waals surface area (Å²) in [6.45, 7) is 5.14. The van der Waals surface area contributed by atoms with Gasteiger partial charge in [-0.15, -0.1) is 0 Å². The molecule has 0 spiro atoms. The molecule has 4 rings (SSSR count). The van der Waals surface area contributed by atoms with E-state index in [1.54, 1.807) is 0 Å². The molecular formula is C27H36N6. The van der Waals surface area contributed by atoms with Crippen molar-refractivity contribution in [2.75, 3.05) is 32.6 Å². The van der Waals surface area contributed by atoms with Crippen LogP contribution in [0, 0.1) is 0 Å². The molecule has 1 aliphatic heterocycles. The lowest BCUT2D eigenvalue weighted by Gasteiger charge is -2.38. The number of nitrogens with one attached hydrogen (secondary N) is 2. The number of pyridine rings is 1. The van der Waals surface area contributed by atoms with Crippen LogP contribution in [-0.2, 0) is 13.1 Å². The predicted molar refractivity (Wildman–Crippen MR) is 139 cm³/mol. The molecule has 1 aromatic heterocycles. The molecule has 0 bridgehead atoms. The molecule has 6 heteroatoms. The molecule has 174 valence electrons. The molecule has 0 radical (unpaired) electrons. The van der Waals surface area contributed by atoms with Crippen molar-refractivity contribution >= 4 is 22.7 Å². The maximum Gasteiger partial charge on any atom is 0.191 e. The first kappa shape index (κ1) is 23.1. The Morgan fingerprint density at radius 1 is 1.12 bits per heavy atom. The van der Waals surface area contributed by atoms with Crippen LogP contribution < -0.4 is 15.5 Å². The number of anilines is 1. The number of rotatable bonds is 6. The number of aromatic nitrogens is 1. The van der Waals surface area contributed by atoms with Gasteiger partial charge in [-0.25, -0.2) is 4.98 Å². The number of guanidine groups is 1. The molecule has 2 heterocycles. The van der Waals surface area contributed by atoms with Crippen LogP contribution >= 0.6 is 0 Å². The first-order valence-corrected chi connectivity index (χ1v) is 11.8. The van der Waals surface area contributed by atoms with Gasteiger partial charge < -0.3 is 15.5 Å². The van der Waals surface area contributed by atoms with Crippen LogP contribution in [0.3, 0.4) is 0 Å². The van der Waals surface area contributed by atoms with Gasteiger partial charge in [-0.1, -0.05) is 48.5 Å². The second-order valence-corrected chi connectivity index (χ2v) is 9.15. The minimum atomic E-state index is 0.421. The average molecular weight is 445 g/mol. The predicted octanol–water partition coefficient (Wildman–Crippen LogP) is 4.02. The summed E-state index contributed by atoms with van der Waals surface area (Å²) >= 11 is 0. The average Bonchev–Trinajstić information content (AvgIpc) is 2.83. The fourth-order valence-corrected chi connectivity index (χ4v) is 4.58. The third-order valence-corrected chi connectivity index (χ3v) is 6.50. The van der Waals surface area contributed by atoms with Gasteiger partial charge in [0.05, 0.1) is 5.52 Å². The standard InChI is InChI=1S/C27H36N6/c1-20-16-23(14-15-33(20)19-21-10-6-5-7-11-21)30-27(28-2)29-18-22-17-26(32(3)4)31-25-13-9-8-12-24(22)25/h5-13,17,20,23H,14-16,18-19H2,1-4H3,(H2,28,29,30). The summed E-state index contributed by atoms with van der Waals surface area (Å²) in [5.41, 5.74) is 3.62. The number of benzene rings is 2. The van der Waals surface area contributed by atoms with E-state index >= 15 is 0 Å². The number of nitrogens with zero attached hydrogens (tertiary/aromatic N) is 4. The Hall–Kier alpha value is -3.12. The highest BCUT2D eigenvalue weighted by Crippen LogP contribution is 2.22. The Kier molecular flexibility index (Phi) is 7.45. The molecule has 0 amide bonds. The highest BCUT2D eigenvalue weighted by molar-refractivity contribution is 5.85. The maximum absolute atomic E-state index is 4.77. The monoisotopic (exact) mass is 444 g/mol. The fraction of sp³-hybridized carbons (Fsp3) is 0.407. The smallest absolute Gasteiger partial charge is 0.191 e. The van der Waals surface area contributed by atoms with Crippen LogP contribution in [0.4, 0.5) is 5.82 Å². The summed E-state index contributed by atoms with van der Waals surface area (Å²) in [7, 11) is 5.90. The third-order valence-electron chi connectivity index (χ3n) is 6.50.